The van der Waals surface area contributed by atoms with Crippen LogP contribution in [0.1, 0.15) is 116 Å². The molecule has 6 aromatic rings. The number of pyridine rings is 1. The van der Waals surface area contributed by atoms with Gasteiger partial charge in [-0.1, -0.05) is 55.3 Å². The summed E-state index contributed by atoms with van der Waals surface area (Å²) in [6, 6.07) is 26.8. The largest absolute Gasteiger partial charge is 0.595 e. The third-order valence-electron chi connectivity index (χ3n) is 18.8. The Morgan fingerprint density at radius 1 is 0.897 bits per heavy atom. The fourth-order valence-electron chi connectivity index (χ4n) is 13.8. The normalized spacial score (nSPS) is 22.8. The molecule has 87 heavy (non-hydrogen) atoms. The number of hydrogen-bond acceptors (Lipinski definition) is 15. The van der Waals surface area contributed by atoms with E-state index in [1.165, 1.54) is 35.0 Å². The van der Waals surface area contributed by atoms with Crippen LogP contribution in [0.25, 0.3) is 16.6 Å². The quantitative estimate of drug-likeness (QED) is 0.0372. The lowest BCUT2D eigenvalue weighted by Gasteiger charge is -2.45. The van der Waals surface area contributed by atoms with Crippen LogP contribution in [0.3, 0.4) is 0 Å². The molecule has 0 bridgehead atoms. The number of aromatic amines is 1. The first-order valence-electron chi connectivity index (χ1n) is 30.4. The second-order valence-electron chi connectivity index (χ2n) is 25.3. The number of imide groups is 1. The molecule has 4 aliphatic heterocycles. The van der Waals surface area contributed by atoms with E-state index in [9.17, 15) is 38.0 Å². The Kier molecular flexibility index (Phi) is 17.3. The van der Waals surface area contributed by atoms with Crippen LogP contribution in [-0.4, -0.2) is 144 Å². The van der Waals surface area contributed by atoms with Crippen LogP contribution in [0.4, 0.5) is 17.1 Å². The molecule has 20 nitrogen and oxygen atoms in total. The first-order chi connectivity index (χ1) is 41.8. The Morgan fingerprint density at radius 2 is 1.69 bits per heavy atom. The van der Waals surface area contributed by atoms with Crippen molar-refractivity contribution in [1.29, 1.82) is 0 Å². The smallest absolute Gasteiger partial charge is 0.268 e. The number of quaternary nitrogens is 1. The summed E-state index contributed by atoms with van der Waals surface area (Å²) in [7, 11) is -4.59. The van der Waals surface area contributed by atoms with Crippen molar-refractivity contribution >= 4 is 78.9 Å². The van der Waals surface area contributed by atoms with Gasteiger partial charge in [-0.25, -0.2) is 23.3 Å². The van der Waals surface area contributed by atoms with Crippen molar-refractivity contribution in [2.45, 2.75) is 115 Å². The van der Waals surface area contributed by atoms with Crippen molar-refractivity contribution in [3.63, 3.8) is 0 Å². The molecule has 4 amide bonds. The number of nitrogens with one attached hydrogen (secondary N) is 5. The van der Waals surface area contributed by atoms with Crippen molar-refractivity contribution in [3.8, 4) is 11.5 Å². The van der Waals surface area contributed by atoms with Crippen molar-refractivity contribution < 1.29 is 42.8 Å². The molecule has 2 aliphatic carbocycles. The average molecular weight is 1220 g/mol. The number of halogens is 1. The van der Waals surface area contributed by atoms with Crippen molar-refractivity contribution in [2.24, 2.45) is 11.3 Å². The van der Waals surface area contributed by atoms with Gasteiger partial charge in [0.2, 0.25) is 11.8 Å². The number of allylic oxidation sites excluding steroid dienone is 1. The average Bonchev–Trinajstić information content (AvgIpc) is 2.61. The van der Waals surface area contributed by atoms with Crippen molar-refractivity contribution in [2.75, 3.05) is 69.1 Å². The predicted molar refractivity (Wildman–Crippen MR) is 332 cm³/mol. The van der Waals surface area contributed by atoms with Gasteiger partial charge >= 0.3 is 0 Å². The lowest BCUT2D eigenvalue weighted by molar-refractivity contribution is -0.990. The minimum atomic E-state index is -4.59. The van der Waals surface area contributed by atoms with Gasteiger partial charge in [-0.05, 0) is 146 Å². The van der Waals surface area contributed by atoms with E-state index in [-0.39, 0.29) is 51.5 Å². The molecule has 4 aromatic carbocycles. The van der Waals surface area contributed by atoms with Crippen LogP contribution < -0.4 is 30.2 Å². The first-order valence-corrected chi connectivity index (χ1v) is 32.3. The Hall–Kier alpha value is -7.21. The van der Waals surface area contributed by atoms with Crippen LogP contribution >= 0.6 is 11.6 Å². The van der Waals surface area contributed by atoms with E-state index in [2.05, 4.69) is 83.9 Å². The summed E-state index contributed by atoms with van der Waals surface area (Å²) < 4.78 is 36.7. The van der Waals surface area contributed by atoms with Crippen LogP contribution in [-0.2, 0) is 32.7 Å². The van der Waals surface area contributed by atoms with Gasteiger partial charge in [-0.2, -0.15) is 5.23 Å². The number of carbonyl (C=O) groups is 4. The summed E-state index contributed by atoms with van der Waals surface area (Å²) in [5.74, 6) is -1.07. The molecule has 458 valence electrons. The molecule has 0 radical (unpaired) electrons. The molecular formula is C65H76ClN11O9S. The number of piperazine rings is 2. The van der Waals surface area contributed by atoms with E-state index in [1.54, 1.807) is 35.4 Å². The van der Waals surface area contributed by atoms with Gasteiger partial charge in [0.25, 0.3) is 21.8 Å². The summed E-state index contributed by atoms with van der Waals surface area (Å²) in [4.78, 5) is 70.3. The summed E-state index contributed by atoms with van der Waals surface area (Å²) in [6.45, 7) is 15.2. The zero-order chi connectivity index (χ0) is 60.7. The van der Waals surface area contributed by atoms with Gasteiger partial charge < -0.3 is 30.0 Å². The standard InChI is InChI=1S/C65H76ClN11O9S/c1-41-37-75(29-28-74(41)38-43-6-15-53-47(30-43)40-76(64(53)81)57-18-19-60(78)70-63(57)80)49-11-4-42(5-12-49)35-68-56-17-14-52(33-58(56)77(82)83)87(84,85)71-62(79)54-16-13-50(32-59(54)86-51-31-45-21-23-67-61(45)69-36-51)73-26-24-72(25-27-73)39-46-20-22-65(2,3)34-55(46)44-7-9-48(66)10-8-44/h6-10,13-17,21,23,30-33,36,41-42,49,57,68,77,82H,4-5,11-12,18-20,22,24-29,34-35,37-40H2,1-3H3,(H,67,69)(H,71,79)(H,70,78,80)/t41-,42-,49+,57?/m0/s1. The number of carbonyl (C=O) groups excluding carboxylic acids is 4. The number of H-pyrrole nitrogens is 1. The Bertz CT molecular complexity index is 3750. The first kappa shape index (κ1) is 60.1. The zero-order valence-electron chi connectivity index (χ0n) is 49.4. The number of ether oxygens (including phenoxy) is 1. The highest BCUT2D eigenvalue weighted by Crippen LogP contribution is 2.44. The highest BCUT2D eigenvalue weighted by Gasteiger charge is 2.40. The summed E-state index contributed by atoms with van der Waals surface area (Å²) in [6.07, 6.45) is 10.9. The van der Waals surface area contributed by atoms with Crippen LogP contribution in [0.5, 0.6) is 11.5 Å². The molecule has 3 saturated heterocycles. The summed E-state index contributed by atoms with van der Waals surface area (Å²) in [5, 5.41) is 29.0. The molecule has 4 fully saturated rings. The molecule has 6 N–H and O–H groups in total. The SMILES string of the molecule is C[C@H]1CN([C@H]2CC[C@@H](CNc3ccc(S(=O)(=O)NC(=O)c4ccc(N5CCN(CC6=C(c7ccc(Cl)cc7)CC(C)(C)CC6)CC5)cc4Oc4cnc5[nH]ccc5c4)cc3[NH+]([O-])O)CC2)CCN1Cc1ccc2c(c1)CN(C1CCC(=O)NC1=O)C2=O. The topological polar surface area (TPSA) is 240 Å². The second-order valence-corrected chi connectivity index (χ2v) is 27.4. The van der Waals surface area contributed by atoms with E-state index < -0.39 is 33.1 Å². The van der Waals surface area contributed by atoms with Crippen molar-refractivity contribution in [1.82, 2.24) is 39.6 Å². The fourth-order valence-corrected chi connectivity index (χ4v) is 14.9. The third kappa shape index (κ3) is 13.5. The highest BCUT2D eigenvalue weighted by atomic mass is 35.5. The predicted octanol–water partition coefficient (Wildman–Crippen LogP) is 8.25. The minimum Gasteiger partial charge on any atom is -0.595 e. The number of nitrogens with zero attached hydrogens (tertiary/aromatic N) is 6. The number of aromatic nitrogens is 2. The lowest BCUT2D eigenvalue weighted by Crippen LogP contribution is -2.99. The molecule has 0 spiro atoms. The highest BCUT2D eigenvalue weighted by molar-refractivity contribution is 7.90. The minimum absolute atomic E-state index is 0.0321. The Balaban J connectivity index is 0.651. The second kappa shape index (κ2) is 25.1. The van der Waals surface area contributed by atoms with Gasteiger partial charge in [-0.3, -0.25) is 39.2 Å². The molecule has 2 unspecified atom stereocenters. The molecule has 22 heteroatoms. The van der Waals surface area contributed by atoms with Crippen LogP contribution in [0.2, 0.25) is 5.02 Å². The monoisotopic (exact) mass is 1220 g/mol. The fraction of sp³-hybridized carbons (Fsp3) is 0.431. The summed E-state index contributed by atoms with van der Waals surface area (Å²) >= 11 is 6.28. The number of rotatable bonds is 17. The van der Waals surface area contributed by atoms with Crippen LogP contribution in [0.15, 0.2) is 114 Å². The molecule has 1 saturated carbocycles. The maximum Gasteiger partial charge on any atom is 0.268 e. The number of piperidine rings is 1. The third-order valence-corrected chi connectivity index (χ3v) is 20.4. The molecular weight excluding hydrogens is 1150 g/mol. The number of amides is 4. The molecule has 6 aliphatic rings. The number of benzene rings is 4. The van der Waals surface area contributed by atoms with Gasteiger partial charge in [-0.15, -0.1) is 0 Å². The van der Waals surface area contributed by atoms with Gasteiger partial charge in [0.15, 0.2) is 5.69 Å². The number of anilines is 2. The Labute approximate surface area is 512 Å². The number of fused-ring (bicyclic) bond motifs is 2. The van der Waals surface area contributed by atoms with E-state index in [0.717, 1.165) is 124 Å². The molecule has 3 atom stereocenters. The van der Waals surface area contributed by atoms with E-state index in [1.807, 2.05) is 30.3 Å². The molecule has 6 heterocycles. The Morgan fingerprint density at radius 3 is 2.45 bits per heavy atom. The van der Waals surface area contributed by atoms with E-state index in [0.29, 0.717) is 67.3 Å². The lowest BCUT2D eigenvalue weighted by atomic mass is 9.72. The van der Waals surface area contributed by atoms with Crippen molar-refractivity contribution in [3.05, 3.63) is 147 Å². The van der Waals surface area contributed by atoms with E-state index in [4.69, 9.17) is 16.3 Å². The number of sulfonamides is 1. The van der Waals surface area contributed by atoms with Crippen LogP contribution in [0, 0.1) is 16.5 Å². The molecule has 12 rings (SSSR count). The maximum absolute atomic E-state index is 14.2. The zero-order valence-corrected chi connectivity index (χ0v) is 51.0. The van der Waals surface area contributed by atoms with Gasteiger partial charge in [0.05, 0.1) is 22.3 Å². The maximum atomic E-state index is 14.2. The van der Waals surface area contributed by atoms with Gasteiger partial charge in [0.1, 0.15) is 23.2 Å². The summed E-state index contributed by atoms with van der Waals surface area (Å²) in [5.41, 5.74) is 8.43. The molecule has 2 aromatic heterocycles. The van der Waals surface area contributed by atoms with E-state index >= 15 is 0 Å². The number of hydrogen-bond donors (Lipinski definition) is 6. The van der Waals surface area contributed by atoms with Gasteiger partial charge in [0, 0.05) is 130 Å².